The molecule has 0 radical (unpaired) electrons. The lowest BCUT2D eigenvalue weighted by Crippen LogP contribution is -2.59. The van der Waals surface area contributed by atoms with Gasteiger partial charge in [0.05, 0.1) is 19.8 Å². The van der Waals surface area contributed by atoms with E-state index in [0.717, 1.165) is 12.8 Å². The molecule has 2 aliphatic heterocycles. The molecule has 6 nitrogen and oxygen atoms in total. The van der Waals surface area contributed by atoms with E-state index in [1.165, 1.54) is 38.5 Å². The minimum Gasteiger partial charge on any atom is -0.375 e. The first kappa shape index (κ1) is 27.5. The first-order chi connectivity index (χ1) is 15.5. The molecule has 0 aromatic heterocycles. The molecule has 2 saturated heterocycles. The second kappa shape index (κ2) is 14.5. The largest absolute Gasteiger partial charge is 0.375 e. The summed E-state index contributed by atoms with van der Waals surface area (Å²) < 4.78 is 36.3. The number of unbranched alkanes of at least 4 members (excludes halogenated alkanes) is 6. The molecular weight excluding hydrogens is 408 g/mol. The average Bonchev–Trinajstić information content (AvgIpc) is 3.07. The fourth-order valence-corrected chi connectivity index (χ4v) is 4.08. The predicted molar refractivity (Wildman–Crippen MR) is 127 cm³/mol. The second-order valence-electron chi connectivity index (χ2n) is 9.17. The van der Waals surface area contributed by atoms with Crippen LogP contribution in [0.25, 0.3) is 0 Å². The molecule has 2 rings (SSSR count). The summed E-state index contributed by atoms with van der Waals surface area (Å²) in [5, 5.41) is 0. The Morgan fingerprint density at radius 3 is 2.16 bits per heavy atom. The average molecular weight is 455 g/mol. The Bertz CT molecular complexity index is 561. The van der Waals surface area contributed by atoms with Crippen LogP contribution in [0.1, 0.15) is 79.1 Å². The lowest BCUT2D eigenvalue weighted by Gasteiger charge is -2.44. The fourth-order valence-electron chi connectivity index (χ4n) is 4.08. The number of fused-ring (bicyclic) bond motifs is 1. The number of hydrogen-bond donors (Lipinski definition) is 0. The first-order valence-corrected chi connectivity index (χ1v) is 12.5. The minimum absolute atomic E-state index is 0.292. The third-order valence-corrected chi connectivity index (χ3v) is 5.99. The van der Waals surface area contributed by atoms with Crippen LogP contribution in [0, 0.1) is 0 Å². The van der Waals surface area contributed by atoms with Gasteiger partial charge in [-0.05, 0) is 39.5 Å². The fraction of sp³-hybridized carbons (Fsp3) is 0.846. The summed E-state index contributed by atoms with van der Waals surface area (Å²) >= 11 is 0. The van der Waals surface area contributed by atoms with Crippen molar-refractivity contribution in [2.24, 2.45) is 0 Å². The molecule has 32 heavy (non-hydrogen) atoms. The van der Waals surface area contributed by atoms with Crippen LogP contribution in [0.3, 0.4) is 0 Å². The lowest BCUT2D eigenvalue weighted by atomic mass is 10.0. The molecule has 2 heterocycles. The summed E-state index contributed by atoms with van der Waals surface area (Å²) in [4.78, 5) is 0. The molecule has 0 unspecified atom stereocenters. The van der Waals surface area contributed by atoms with E-state index in [2.05, 4.69) is 38.2 Å². The Morgan fingerprint density at radius 1 is 0.875 bits per heavy atom. The van der Waals surface area contributed by atoms with Gasteiger partial charge < -0.3 is 28.4 Å². The van der Waals surface area contributed by atoms with Crippen molar-refractivity contribution in [3.05, 3.63) is 24.3 Å². The van der Waals surface area contributed by atoms with Crippen LogP contribution < -0.4 is 0 Å². The predicted octanol–water partition coefficient (Wildman–Crippen LogP) is 5.55. The quantitative estimate of drug-likeness (QED) is 0.225. The molecule has 0 aromatic carbocycles. The van der Waals surface area contributed by atoms with Gasteiger partial charge in [0.15, 0.2) is 5.79 Å². The molecule has 6 heteroatoms. The lowest BCUT2D eigenvalue weighted by molar-refractivity contribution is -0.385. The smallest absolute Gasteiger partial charge is 0.222 e. The zero-order valence-electron chi connectivity index (χ0n) is 21.0. The molecular formula is C26H46O6. The summed E-state index contributed by atoms with van der Waals surface area (Å²) in [6, 6.07) is 0. The normalized spacial score (nSPS) is 29.8. The van der Waals surface area contributed by atoms with E-state index < -0.39 is 11.6 Å². The Kier molecular flexibility index (Phi) is 12.4. The van der Waals surface area contributed by atoms with Gasteiger partial charge in [-0.2, -0.15) is 0 Å². The highest BCUT2D eigenvalue weighted by Gasteiger charge is 2.62. The Morgan fingerprint density at radius 2 is 1.53 bits per heavy atom. The van der Waals surface area contributed by atoms with Crippen molar-refractivity contribution in [1.82, 2.24) is 0 Å². The highest BCUT2D eigenvalue weighted by Crippen LogP contribution is 2.42. The molecule has 0 aliphatic carbocycles. The van der Waals surface area contributed by atoms with E-state index in [0.29, 0.717) is 26.4 Å². The maximum Gasteiger partial charge on any atom is 0.222 e. The topological polar surface area (TPSA) is 55.4 Å². The Balaban J connectivity index is 1.92. The third-order valence-electron chi connectivity index (χ3n) is 5.99. The van der Waals surface area contributed by atoms with Crippen molar-refractivity contribution < 1.29 is 28.4 Å². The van der Waals surface area contributed by atoms with Gasteiger partial charge in [0.1, 0.15) is 24.9 Å². The summed E-state index contributed by atoms with van der Waals surface area (Å²) in [6.07, 6.45) is 17.2. The van der Waals surface area contributed by atoms with E-state index in [1.54, 1.807) is 7.11 Å². The standard InChI is InChI=1S/C26H46O6/c1-6-8-10-12-14-16-18-28-20-22-23(29-19-17-15-13-11-9-7-2)24-26(27-5,31-22)21-30-25(3,4)32-24/h14-17,22-24H,6-13,18-21H2,1-5H3/t22-,23-,24+,26+/m1/s1. The molecule has 186 valence electrons. The third kappa shape index (κ3) is 8.54. The van der Waals surface area contributed by atoms with Crippen LogP contribution in [0.15, 0.2) is 24.3 Å². The number of allylic oxidation sites excluding steroid dienone is 2. The number of methoxy groups -OCH3 is 1. The van der Waals surface area contributed by atoms with Gasteiger partial charge in [0.2, 0.25) is 5.79 Å². The molecule has 4 atom stereocenters. The van der Waals surface area contributed by atoms with Crippen LogP contribution in [0.4, 0.5) is 0 Å². The maximum absolute atomic E-state index is 6.31. The monoisotopic (exact) mass is 454 g/mol. The molecule has 0 spiro atoms. The van der Waals surface area contributed by atoms with Crippen molar-refractivity contribution in [2.45, 2.75) is 109 Å². The van der Waals surface area contributed by atoms with Gasteiger partial charge in [0.25, 0.3) is 0 Å². The summed E-state index contributed by atoms with van der Waals surface area (Å²) in [5.41, 5.74) is 0. The number of ether oxygens (including phenoxy) is 6. The van der Waals surface area contributed by atoms with Crippen molar-refractivity contribution in [2.75, 3.05) is 33.5 Å². The van der Waals surface area contributed by atoms with Gasteiger partial charge in [-0.3, -0.25) is 0 Å². The van der Waals surface area contributed by atoms with Crippen molar-refractivity contribution in [3.8, 4) is 0 Å². The SMILES string of the molecule is CCCCCC=CCOC[C@H]1O[C@@]2(OC)COC(C)(C)O[C@H]2[C@@H]1OCC=CCCCCC. The summed E-state index contributed by atoms with van der Waals surface area (Å²) in [5.74, 6) is -1.69. The van der Waals surface area contributed by atoms with Gasteiger partial charge >= 0.3 is 0 Å². The van der Waals surface area contributed by atoms with Crippen LogP contribution in [0.5, 0.6) is 0 Å². The zero-order chi connectivity index (χ0) is 23.3. The minimum atomic E-state index is -0.977. The first-order valence-electron chi connectivity index (χ1n) is 12.5. The van der Waals surface area contributed by atoms with E-state index in [9.17, 15) is 0 Å². The van der Waals surface area contributed by atoms with Gasteiger partial charge in [0, 0.05) is 7.11 Å². The van der Waals surface area contributed by atoms with Gasteiger partial charge in [-0.15, -0.1) is 0 Å². The molecule has 0 N–H and O–H groups in total. The molecule has 0 amide bonds. The van der Waals surface area contributed by atoms with Crippen molar-refractivity contribution in [3.63, 3.8) is 0 Å². The van der Waals surface area contributed by atoms with Crippen LogP contribution in [-0.4, -0.2) is 63.4 Å². The highest BCUT2D eigenvalue weighted by molar-refractivity contribution is 5.02. The Hall–Kier alpha value is -0.760. The van der Waals surface area contributed by atoms with Crippen LogP contribution in [-0.2, 0) is 28.4 Å². The number of hydrogen-bond acceptors (Lipinski definition) is 6. The molecule has 0 bridgehead atoms. The zero-order valence-corrected chi connectivity index (χ0v) is 21.0. The van der Waals surface area contributed by atoms with E-state index in [-0.39, 0.29) is 18.3 Å². The van der Waals surface area contributed by atoms with Crippen LogP contribution in [0.2, 0.25) is 0 Å². The molecule has 0 saturated carbocycles. The van der Waals surface area contributed by atoms with Crippen molar-refractivity contribution in [1.29, 1.82) is 0 Å². The van der Waals surface area contributed by atoms with Crippen LogP contribution >= 0.6 is 0 Å². The molecule has 0 aromatic rings. The molecule has 2 aliphatic rings. The highest BCUT2D eigenvalue weighted by atomic mass is 16.8. The van der Waals surface area contributed by atoms with E-state index in [1.807, 2.05) is 13.8 Å². The van der Waals surface area contributed by atoms with Crippen molar-refractivity contribution >= 4 is 0 Å². The van der Waals surface area contributed by atoms with Gasteiger partial charge in [-0.1, -0.05) is 63.8 Å². The molecule has 2 fully saturated rings. The summed E-state index contributed by atoms with van der Waals surface area (Å²) in [6.45, 7) is 10.0. The van der Waals surface area contributed by atoms with E-state index in [4.69, 9.17) is 28.4 Å². The van der Waals surface area contributed by atoms with E-state index >= 15 is 0 Å². The second-order valence-corrected chi connectivity index (χ2v) is 9.17. The summed E-state index contributed by atoms with van der Waals surface area (Å²) in [7, 11) is 1.63. The maximum atomic E-state index is 6.31. The van der Waals surface area contributed by atoms with Gasteiger partial charge in [-0.25, -0.2) is 0 Å². The Labute approximate surface area is 195 Å². The number of rotatable bonds is 16.